The van der Waals surface area contributed by atoms with Crippen LogP contribution in [0.5, 0.6) is 0 Å². The molecule has 0 fully saturated rings. The maximum absolute atomic E-state index is 5.91. The SMILES string of the molecule is COCCN1C(N)=NCC1c1cc(Br)c(C)s1. The monoisotopic (exact) mass is 317 g/mol. The van der Waals surface area contributed by atoms with E-state index in [1.54, 1.807) is 18.4 Å². The number of aliphatic imine (C=N–C) groups is 1. The van der Waals surface area contributed by atoms with Crippen LogP contribution in [0.15, 0.2) is 15.5 Å². The lowest BCUT2D eigenvalue weighted by Crippen LogP contribution is -2.38. The van der Waals surface area contributed by atoms with E-state index in [-0.39, 0.29) is 6.04 Å². The van der Waals surface area contributed by atoms with Crippen molar-refractivity contribution in [2.75, 3.05) is 26.8 Å². The van der Waals surface area contributed by atoms with Crippen LogP contribution in [0.4, 0.5) is 0 Å². The summed E-state index contributed by atoms with van der Waals surface area (Å²) in [4.78, 5) is 9.03. The van der Waals surface area contributed by atoms with Crippen molar-refractivity contribution in [3.05, 3.63) is 20.3 Å². The molecule has 1 atom stereocenters. The van der Waals surface area contributed by atoms with Gasteiger partial charge in [0.2, 0.25) is 0 Å². The van der Waals surface area contributed by atoms with Crippen LogP contribution in [-0.2, 0) is 4.74 Å². The topological polar surface area (TPSA) is 50.9 Å². The number of nitrogens with zero attached hydrogens (tertiary/aromatic N) is 2. The summed E-state index contributed by atoms with van der Waals surface area (Å²) in [6.07, 6.45) is 0. The first kappa shape index (κ1) is 12.9. The van der Waals surface area contributed by atoms with Crippen LogP contribution in [-0.4, -0.2) is 37.7 Å². The lowest BCUT2D eigenvalue weighted by atomic mass is 10.2. The third-order valence-corrected chi connectivity index (χ3v) is 5.08. The molecule has 1 aromatic rings. The summed E-state index contributed by atoms with van der Waals surface area (Å²) >= 11 is 5.34. The molecule has 2 rings (SSSR count). The highest BCUT2D eigenvalue weighted by Gasteiger charge is 2.28. The van der Waals surface area contributed by atoms with Crippen molar-refractivity contribution < 1.29 is 4.74 Å². The molecule has 4 nitrogen and oxygen atoms in total. The molecule has 1 aromatic heterocycles. The molecule has 0 bridgehead atoms. The maximum Gasteiger partial charge on any atom is 0.192 e. The van der Waals surface area contributed by atoms with Gasteiger partial charge in [-0.2, -0.15) is 0 Å². The zero-order valence-electron chi connectivity index (χ0n) is 9.94. The normalized spacial score (nSPS) is 19.8. The standard InChI is InChI=1S/C11H16BrN3OS/c1-7-8(12)5-10(17-7)9-6-14-11(13)15(9)3-4-16-2/h5,9H,3-4,6H2,1-2H3,(H2,13,14). The summed E-state index contributed by atoms with van der Waals surface area (Å²) in [6, 6.07) is 2.43. The molecule has 1 unspecified atom stereocenters. The predicted molar refractivity (Wildman–Crippen MR) is 74.6 cm³/mol. The minimum atomic E-state index is 0.264. The Morgan fingerprint density at radius 1 is 1.71 bits per heavy atom. The van der Waals surface area contributed by atoms with Gasteiger partial charge in [-0.05, 0) is 28.9 Å². The number of hydrogen-bond donors (Lipinski definition) is 1. The molecular weight excluding hydrogens is 302 g/mol. The molecule has 1 aliphatic rings. The number of ether oxygens (including phenoxy) is 1. The highest BCUT2D eigenvalue weighted by Crippen LogP contribution is 2.35. The fraction of sp³-hybridized carbons (Fsp3) is 0.545. The van der Waals surface area contributed by atoms with Crippen LogP contribution in [0.25, 0.3) is 0 Å². The molecule has 1 aliphatic heterocycles. The third kappa shape index (κ3) is 2.64. The number of rotatable bonds is 4. The maximum atomic E-state index is 5.91. The van der Waals surface area contributed by atoms with Gasteiger partial charge in [0.05, 0.1) is 19.2 Å². The molecule has 2 N–H and O–H groups in total. The van der Waals surface area contributed by atoms with Gasteiger partial charge in [0.25, 0.3) is 0 Å². The first-order valence-corrected chi connectivity index (χ1v) is 7.05. The number of guanidine groups is 1. The lowest BCUT2D eigenvalue weighted by Gasteiger charge is -2.24. The highest BCUT2D eigenvalue weighted by molar-refractivity contribution is 9.10. The van der Waals surface area contributed by atoms with E-state index < -0.39 is 0 Å². The number of hydrogen-bond acceptors (Lipinski definition) is 5. The second-order valence-electron chi connectivity index (χ2n) is 3.95. The third-order valence-electron chi connectivity index (χ3n) is 2.84. The molecule has 0 amide bonds. The van der Waals surface area contributed by atoms with Crippen molar-refractivity contribution in [3.8, 4) is 0 Å². The molecule has 0 spiro atoms. The number of aryl methyl sites for hydroxylation is 1. The van der Waals surface area contributed by atoms with E-state index in [0.717, 1.165) is 17.6 Å². The average molecular weight is 318 g/mol. The Hall–Kier alpha value is -0.590. The zero-order chi connectivity index (χ0) is 12.4. The fourth-order valence-corrected chi connectivity index (χ4v) is 3.54. The zero-order valence-corrected chi connectivity index (χ0v) is 12.3. The molecule has 2 heterocycles. The molecule has 0 saturated heterocycles. The molecule has 0 aromatic carbocycles. The van der Waals surface area contributed by atoms with Crippen LogP contribution in [0.3, 0.4) is 0 Å². The van der Waals surface area contributed by atoms with Crippen molar-refractivity contribution in [2.45, 2.75) is 13.0 Å². The van der Waals surface area contributed by atoms with Gasteiger partial charge in [-0.3, -0.25) is 4.99 Å². The number of halogens is 1. The fourth-order valence-electron chi connectivity index (χ4n) is 1.88. The molecule has 17 heavy (non-hydrogen) atoms. The number of methoxy groups -OCH3 is 1. The Balaban J connectivity index is 2.15. The largest absolute Gasteiger partial charge is 0.383 e. The van der Waals surface area contributed by atoms with E-state index in [1.807, 2.05) is 0 Å². The predicted octanol–water partition coefficient (Wildman–Crippen LogP) is 2.14. The summed E-state index contributed by atoms with van der Waals surface area (Å²) in [5.74, 6) is 0.620. The van der Waals surface area contributed by atoms with Gasteiger partial charge in [-0.1, -0.05) is 0 Å². The van der Waals surface area contributed by atoms with Crippen molar-refractivity contribution in [1.29, 1.82) is 0 Å². The van der Waals surface area contributed by atoms with E-state index in [4.69, 9.17) is 10.5 Å². The molecule has 6 heteroatoms. The van der Waals surface area contributed by atoms with Gasteiger partial charge in [0, 0.05) is 27.9 Å². The summed E-state index contributed by atoms with van der Waals surface area (Å²) in [6.45, 7) is 4.29. The van der Waals surface area contributed by atoms with E-state index in [9.17, 15) is 0 Å². The van der Waals surface area contributed by atoms with Gasteiger partial charge in [0.15, 0.2) is 5.96 Å². The summed E-state index contributed by atoms with van der Waals surface area (Å²) < 4.78 is 6.27. The number of nitrogens with two attached hydrogens (primary N) is 1. The molecule has 0 saturated carbocycles. The van der Waals surface area contributed by atoms with Crippen LogP contribution >= 0.6 is 27.3 Å². The first-order valence-electron chi connectivity index (χ1n) is 5.44. The lowest BCUT2D eigenvalue weighted by molar-refractivity contribution is 0.167. The Kier molecular flexibility index (Phi) is 4.06. The molecule has 0 radical (unpaired) electrons. The Labute approximate surface area is 114 Å². The van der Waals surface area contributed by atoms with E-state index in [2.05, 4.69) is 38.8 Å². The summed E-state index contributed by atoms with van der Waals surface area (Å²) in [5, 5.41) is 0. The van der Waals surface area contributed by atoms with Crippen molar-refractivity contribution >= 4 is 33.2 Å². The van der Waals surface area contributed by atoms with Crippen LogP contribution in [0, 0.1) is 6.92 Å². The Morgan fingerprint density at radius 2 is 2.47 bits per heavy atom. The Morgan fingerprint density at radius 3 is 3.06 bits per heavy atom. The van der Waals surface area contributed by atoms with Gasteiger partial charge in [-0.15, -0.1) is 11.3 Å². The second kappa shape index (κ2) is 5.37. The van der Waals surface area contributed by atoms with Crippen molar-refractivity contribution in [1.82, 2.24) is 4.90 Å². The summed E-state index contributed by atoms with van der Waals surface area (Å²) in [7, 11) is 1.70. The van der Waals surface area contributed by atoms with Crippen molar-refractivity contribution in [2.24, 2.45) is 10.7 Å². The quantitative estimate of drug-likeness (QED) is 0.925. The molecule has 0 aliphatic carbocycles. The van der Waals surface area contributed by atoms with Gasteiger partial charge < -0.3 is 15.4 Å². The van der Waals surface area contributed by atoms with Gasteiger partial charge >= 0.3 is 0 Å². The first-order chi connectivity index (χ1) is 8.13. The number of thiophene rings is 1. The van der Waals surface area contributed by atoms with Gasteiger partial charge in [-0.25, -0.2) is 0 Å². The van der Waals surface area contributed by atoms with Crippen LogP contribution in [0.1, 0.15) is 15.8 Å². The molecular formula is C11H16BrN3OS. The minimum Gasteiger partial charge on any atom is -0.383 e. The Bertz CT molecular complexity index is 413. The highest BCUT2D eigenvalue weighted by atomic mass is 79.9. The van der Waals surface area contributed by atoms with E-state index in [1.165, 1.54) is 9.75 Å². The molecule has 94 valence electrons. The average Bonchev–Trinajstić information content (AvgIpc) is 2.81. The van der Waals surface area contributed by atoms with Gasteiger partial charge in [0.1, 0.15) is 0 Å². The second-order valence-corrected chi connectivity index (χ2v) is 6.10. The van der Waals surface area contributed by atoms with E-state index in [0.29, 0.717) is 12.6 Å². The van der Waals surface area contributed by atoms with E-state index >= 15 is 0 Å². The smallest absolute Gasteiger partial charge is 0.192 e. The summed E-state index contributed by atoms with van der Waals surface area (Å²) in [5.41, 5.74) is 5.91. The van der Waals surface area contributed by atoms with Crippen molar-refractivity contribution in [3.63, 3.8) is 0 Å². The minimum absolute atomic E-state index is 0.264. The van der Waals surface area contributed by atoms with Crippen LogP contribution < -0.4 is 5.73 Å². The van der Waals surface area contributed by atoms with Crippen LogP contribution in [0.2, 0.25) is 0 Å².